The van der Waals surface area contributed by atoms with Gasteiger partial charge in [0, 0.05) is 11.6 Å². The topological polar surface area (TPSA) is 59.0 Å². The Kier molecular flexibility index (Phi) is 3.30. The Morgan fingerprint density at radius 2 is 2.23 bits per heavy atom. The van der Waals surface area contributed by atoms with Gasteiger partial charge in [-0.1, -0.05) is 18.2 Å². The fourth-order valence-electron chi connectivity index (χ4n) is 1.10. The van der Waals surface area contributed by atoms with Gasteiger partial charge in [0.05, 0.1) is 0 Å². The van der Waals surface area contributed by atoms with Crippen LogP contribution in [0.3, 0.4) is 0 Å². The van der Waals surface area contributed by atoms with E-state index >= 15 is 0 Å². The van der Waals surface area contributed by atoms with Gasteiger partial charge in [-0.15, -0.1) is 0 Å². The van der Waals surface area contributed by atoms with E-state index in [1.807, 2.05) is 37.3 Å². The van der Waals surface area contributed by atoms with Crippen molar-refractivity contribution in [1.82, 2.24) is 0 Å². The second-order valence-electron chi connectivity index (χ2n) is 2.77. The number of hydrogen-bond acceptors (Lipinski definition) is 3. The zero-order valence-corrected chi connectivity index (χ0v) is 7.53. The Morgan fingerprint density at radius 3 is 2.85 bits per heavy atom. The summed E-state index contributed by atoms with van der Waals surface area (Å²) in [5.74, 6) is 0.694. The van der Waals surface area contributed by atoms with Crippen molar-refractivity contribution in [2.75, 3.05) is 6.61 Å². The second kappa shape index (κ2) is 4.48. The molecule has 0 aliphatic heterocycles. The first-order valence-corrected chi connectivity index (χ1v) is 4.10. The maximum atomic E-state index is 8.35. The van der Waals surface area contributed by atoms with E-state index in [1.165, 1.54) is 0 Å². The number of rotatable bonds is 3. The predicted octanol–water partition coefficient (Wildman–Crippen LogP) is 1.61. The maximum absolute atomic E-state index is 8.35. The minimum absolute atomic E-state index is 0.0593. The van der Waals surface area contributed by atoms with Crippen molar-refractivity contribution in [3.8, 4) is 11.8 Å². The largest absolute Gasteiger partial charge is 0.478 e. The normalized spacial score (nSPS) is 11.8. The van der Waals surface area contributed by atoms with Crippen LogP contribution in [0.5, 0.6) is 5.75 Å². The van der Waals surface area contributed by atoms with Gasteiger partial charge in [0.1, 0.15) is 11.8 Å². The van der Waals surface area contributed by atoms with Crippen LogP contribution >= 0.6 is 0 Å². The van der Waals surface area contributed by atoms with Crippen LogP contribution in [0.15, 0.2) is 24.3 Å². The first-order valence-electron chi connectivity index (χ1n) is 4.10. The van der Waals surface area contributed by atoms with Gasteiger partial charge in [0.25, 0.3) is 0 Å². The van der Waals surface area contributed by atoms with E-state index in [0.29, 0.717) is 5.75 Å². The minimum Gasteiger partial charge on any atom is -0.478 e. The summed E-state index contributed by atoms with van der Waals surface area (Å²) < 4.78 is 5.21. The molecule has 0 radical (unpaired) electrons. The third-order valence-corrected chi connectivity index (χ3v) is 1.70. The first kappa shape index (κ1) is 9.56. The van der Waals surface area contributed by atoms with Crippen LogP contribution in [0, 0.1) is 11.3 Å². The number of nitrogens with two attached hydrogens (primary N) is 1. The summed E-state index contributed by atoms with van der Waals surface area (Å²) >= 11 is 0. The number of para-hydroxylation sites is 1. The molecule has 0 saturated carbocycles. The highest BCUT2D eigenvalue weighted by molar-refractivity contribution is 5.35. The van der Waals surface area contributed by atoms with Crippen LogP contribution in [-0.4, -0.2) is 6.61 Å². The van der Waals surface area contributed by atoms with Crippen molar-refractivity contribution in [1.29, 1.82) is 5.26 Å². The lowest BCUT2D eigenvalue weighted by atomic mass is 10.1. The smallest absolute Gasteiger partial charge is 0.174 e. The highest BCUT2D eigenvalue weighted by atomic mass is 16.5. The molecule has 3 nitrogen and oxygen atoms in total. The van der Waals surface area contributed by atoms with E-state index in [1.54, 1.807) is 0 Å². The molecule has 68 valence electrons. The molecule has 0 spiro atoms. The molecule has 0 heterocycles. The lowest BCUT2D eigenvalue weighted by Crippen LogP contribution is -2.07. The van der Waals surface area contributed by atoms with Crippen LogP contribution in [0.25, 0.3) is 0 Å². The molecule has 0 fully saturated rings. The van der Waals surface area contributed by atoms with Gasteiger partial charge in [-0.05, 0) is 13.0 Å². The SMILES string of the molecule is C[C@@H](N)c1ccccc1OCC#N. The minimum atomic E-state index is -0.0742. The lowest BCUT2D eigenvalue weighted by molar-refractivity contribution is 0.362. The van der Waals surface area contributed by atoms with Gasteiger partial charge in [0.15, 0.2) is 6.61 Å². The summed E-state index contributed by atoms with van der Waals surface area (Å²) in [6.45, 7) is 1.94. The Bertz CT molecular complexity index is 315. The van der Waals surface area contributed by atoms with Gasteiger partial charge in [0.2, 0.25) is 0 Å². The van der Waals surface area contributed by atoms with E-state index in [9.17, 15) is 0 Å². The zero-order valence-electron chi connectivity index (χ0n) is 7.53. The predicted molar refractivity (Wildman–Crippen MR) is 50.2 cm³/mol. The fourth-order valence-corrected chi connectivity index (χ4v) is 1.10. The van der Waals surface area contributed by atoms with Crippen LogP contribution in [0.1, 0.15) is 18.5 Å². The van der Waals surface area contributed by atoms with Gasteiger partial charge < -0.3 is 10.5 Å². The fraction of sp³-hybridized carbons (Fsp3) is 0.300. The Morgan fingerprint density at radius 1 is 1.54 bits per heavy atom. The van der Waals surface area contributed by atoms with Gasteiger partial charge in [-0.3, -0.25) is 0 Å². The van der Waals surface area contributed by atoms with Crippen molar-refractivity contribution < 1.29 is 4.74 Å². The summed E-state index contributed by atoms with van der Waals surface area (Å²) in [6, 6.07) is 9.32. The molecular weight excluding hydrogens is 164 g/mol. The molecule has 0 aliphatic carbocycles. The van der Waals surface area contributed by atoms with E-state index in [0.717, 1.165) is 5.56 Å². The summed E-state index contributed by atoms with van der Waals surface area (Å²) in [5, 5.41) is 8.35. The molecule has 0 bridgehead atoms. The third-order valence-electron chi connectivity index (χ3n) is 1.70. The van der Waals surface area contributed by atoms with Crippen LogP contribution < -0.4 is 10.5 Å². The Balaban J connectivity index is 2.86. The van der Waals surface area contributed by atoms with Crippen molar-refractivity contribution in [3.63, 3.8) is 0 Å². The van der Waals surface area contributed by atoms with Crippen molar-refractivity contribution in [2.24, 2.45) is 5.73 Å². The summed E-state index contributed by atoms with van der Waals surface area (Å²) in [4.78, 5) is 0. The molecule has 13 heavy (non-hydrogen) atoms. The Labute approximate surface area is 77.7 Å². The standard InChI is InChI=1S/C10H12N2O/c1-8(12)9-4-2-3-5-10(9)13-7-6-11/h2-5,8H,7,12H2,1H3/t8-/m1/s1. The highest BCUT2D eigenvalue weighted by Crippen LogP contribution is 2.22. The van der Waals surface area contributed by atoms with Crippen molar-refractivity contribution in [2.45, 2.75) is 13.0 Å². The van der Waals surface area contributed by atoms with Crippen LogP contribution in [-0.2, 0) is 0 Å². The third kappa shape index (κ3) is 2.46. The quantitative estimate of drug-likeness (QED) is 0.761. The monoisotopic (exact) mass is 176 g/mol. The number of hydrogen-bond donors (Lipinski definition) is 1. The molecule has 3 heteroatoms. The van der Waals surface area contributed by atoms with E-state index < -0.39 is 0 Å². The molecule has 0 aromatic heterocycles. The lowest BCUT2D eigenvalue weighted by Gasteiger charge is -2.11. The molecule has 0 aliphatic rings. The molecular formula is C10H12N2O. The maximum Gasteiger partial charge on any atom is 0.174 e. The molecule has 1 atom stereocenters. The number of nitriles is 1. The van der Waals surface area contributed by atoms with Crippen LogP contribution in [0.4, 0.5) is 0 Å². The average molecular weight is 176 g/mol. The highest BCUT2D eigenvalue weighted by Gasteiger charge is 2.05. The second-order valence-corrected chi connectivity index (χ2v) is 2.77. The van der Waals surface area contributed by atoms with E-state index in [4.69, 9.17) is 15.7 Å². The first-order chi connectivity index (χ1) is 6.25. The molecule has 1 aromatic rings. The van der Waals surface area contributed by atoms with E-state index in [2.05, 4.69) is 0 Å². The zero-order chi connectivity index (χ0) is 9.68. The number of benzene rings is 1. The average Bonchev–Trinajstić information content (AvgIpc) is 2.15. The summed E-state index contributed by atoms with van der Waals surface area (Å²) in [6.07, 6.45) is 0. The molecule has 1 rings (SSSR count). The number of nitrogens with zero attached hydrogens (tertiary/aromatic N) is 1. The molecule has 0 amide bonds. The van der Waals surface area contributed by atoms with Crippen molar-refractivity contribution >= 4 is 0 Å². The molecule has 2 N–H and O–H groups in total. The van der Waals surface area contributed by atoms with E-state index in [-0.39, 0.29) is 12.6 Å². The Hall–Kier alpha value is -1.53. The van der Waals surface area contributed by atoms with Crippen molar-refractivity contribution in [3.05, 3.63) is 29.8 Å². The number of ether oxygens (including phenoxy) is 1. The summed E-state index contributed by atoms with van der Waals surface area (Å²) in [7, 11) is 0. The van der Waals surface area contributed by atoms with Crippen LogP contribution in [0.2, 0.25) is 0 Å². The van der Waals surface area contributed by atoms with Gasteiger partial charge in [-0.25, -0.2) is 0 Å². The molecule has 0 unspecified atom stereocenters. The van der Waals surface area contributed by atoms with Gasteiger partial charge >= 0.3 is 0 Å². The van der Waals surface area contributed by atoms with Gasteiger partial charge in [-0.2, -0.15) is 5.26 Å². The molecule has 0 saturated heterocycles. The molecule has 1 aromatic carbocycles. The summed E-state index contributed by atoms with van der Waals surface area (Å²) in [5.41, 5.74) is 6.65.